The molecule has 0 fully saturated rings. The van der Waals surface area contributed by atoms with Gasteiger partial charge in [0.15, 0.2) is 0 Å². The normalized spacial score (nSPS) is 16.8. The average Bonchev–Trinajstić information content (AvgIpc) is 2.61. The number of carbonyl (C=O) groups excluding carboxylic acids is 2. The molecule has 1 aliphatic rings. The number of methoxy groups -OCH3 is 1. The van der Waals surface area contributed by atoms with Crippen LogP contribution in [0.3, 0.4) is 0 Å². The van der Waals surface area contributed by atoms with Crippen LogP contribution >= 0.6 is 0 Å². The van der Waals surface area contributed by atoms with E-state index in [2.05, 4.69) is 10.3 Å². The van der Waals surface area contributed by atoms with Crippen LogP contribution in [-0.4, -0.2) is 30.6 Å². The zero-order valence-corrected chi connectivity index (χ0v) is 14.3. The van der Waals surface area contributed by atoms with Gasteiger partial charge in [0.25, 0.3) is 0 Å². The van der Waals surface area contributed by atoms with Crippen molar-refractivity contribution in [1.82, 2.24) is 10.3 Å². The summed E-state index contributed by atoms with van der Waals surface area (Å²) in [4.78, 5) is 29.0. The Balaban J connectivity index is 2.51. The van der Waals surface area contributed by atoms with Gasteiger partial charge in [-0.2, -0.15) is 5.26 Å². The molecule has 0 amide bonds. The summed E-state index contributed by atoms with van der Waals surface area (Å²) in [7, 11) is 1.29. The molecule has 1 atom stereocenters. The fraction of sp³-hybridized carbons (Fsp3) is 0.333. The number of hydrogen-bond donors (Lipinski definition) is 1. The third-order valence-corrected chi connectivity index (χ3v) is 3.85. The quantitative estimate of drug-likeness (QED) is 0.645. The molecule has 2 rings (SSSR count). The third-order valence-electron chi connectivity index (χ3n) is 3.85. The van der Waals surface area contributed by atoms with Crippen LogP contribution in [-0.2, 0) is 19.1 Å². The number of nitrogens with one attached hydrogen (secondary N) is 1. The first-order chi connectivity index (χ1) is 12.0. The Morgan fingerprint density at radius 1 is 1.28 bits per heavy atom. The van der Waals surface area contributed by atoms with E-state index in [1.807, 2.05) is 6.07 Å². The Morgan fingerprint density at radius 3 is 2.52 bits per heavy atom. The van der Waals surface area contributed by atoms with E-state index in [9.17, 15) is 9.59 Å². The number of nitrogens with zero attached hydrogens (tertiary/aromatic N) is 2. The Bertz CT molecular complexity index is 775. The molecule has 7 nitrogen and oxygen atoms in total. The second-order valence-corrected chi connectivity index (χ2v) is 5.46. The van der Waals surface area contributed by atoms with Gasteiger partial charge in [-0.15, -0.1) is 0 Å². The molecule has 0 aromatic carbocycles. The minimum atomic E-state index is -0.656. The van der Waals surface area contributed by atoms with Crippen molar-refractivity contribution in [2.75, 3.05) is 13.7 Å². The Kier molecular flexibility index (Phi) is 5.90. The van der Waals surface area contributed by atoms with Gasteiger partial charge in [0.2, 0.25) is 0 Å². The molecule has 1 aliphatic heterocycles. The van der Waals surface area contributed by atoms with Gasteiger partial charge < -0.3 is 14.8 Å². The van der Waals surface area contributed by atoms with Crippen LogP contribution in [0.4, 0.5) is 0 Å². The van der Waals surface area contributed by atoms with E-state index in [1.54, 1.807) is 38.4 Å². The molecule has 25 heavy (non-hydrogen) atoms. The van der Waals surface area contributed by atoms with Gasteiger partial charge in [0.05, 0.1) is 36.7 Å². The lowest BCUT2D eigenvalue weighted by Crippen LogP contribution is -2.32. The fourth-order valence-electron chi connectivity index (χ4n) is 2.79. The predicted octanol–water partition coefficient (Wildman–Crippen LogP) is 1.95. The SMILES string of the molecule is COC(=O)C1=C(C)NC(C)=C(C(=O)OCCC#N)C1c1cccnc1. The summed E-state index contributed by atoms with van der Waals surface area (Å²) in [5.74, 6) is -1.77. The molecule has 0 saturated heterocycles. The van der Waals surface area contributed by atoms with Crippen molar-refractivity contribution in [3.05, 3.63) is 52.6 Å². The smallest absolute Gasteiger partial charge is 0.336 e. The molecule has 0 spiro atoms. The molecular weight excluding hydrogens is 322 g/mol. The van der Waals surface area contributed by atoms with Crippen molar-refractivity contribution in [3.63, 3.8) is 0 Å². The molecule has 0 saturated carbocycles. The van der Waals surface area contributed by atoms with Crippen LogP contribution in [0.2, 0.25) is 0 Å². The molecule has 1 aromatic heterocycles. The number of pyridine rings is 1. The Morgan fingerprint density at radius 2 is 1.96 bits per heavy atom. The number of carbonyl (C=O) groups is 2. The molecule has 2 heterocycles. The second kappa shape index (κ2) is 8.11. The van der Waals surface area contributed by atoms with E-state index in [4.69, 9.17) is 14.7 Å². The van der Waals surface area contributed by atoms with Crippen molar-refractivity contribution in [1.29, 1.82) is 5.26 Å². The maximum absolute atomic E-state index is 12.6. The largest absolute Gasteiger partial charge is 0.466 e. The monoisotopic (exact) mass is 341 g/mol. The van der Waals surface area contributed by atoms with Crippen molar-refractivity contribution in [3.8, 4) is 6.07 Å². The van der Waals surface area contributed by atoms with Gasteiger partial charge in [0.1, 0.15) is 6.61 Å². The van der Waals surface area contributed by atoms with Crippen molar-refractivity contribution in [2.24, 2.45) is 0 Å². The van der Waals surface area contributed by atoms with Crippen molar-refractivity contribution in [2.45, 2.75) is 26.2 Å². The number of esters is 2. The van der Waals surface area contributed by atoms with Crippen LogP contribution in [0, 0.1) is 11.3 Å². The first-order valence-electron chi connectivity index (χ1n) is 7.72. The highest BCUT2D eigenvalue weighted by Gasteiger charge is 2.37. The van der Waals surface area contributed by atoms with Gasteiger partial charge in [-0.25, -0.2) is 9.59 Å². The Hall–Kier alpha value is -3.14. The number of rotatable bonds is 5. The topological polar surface area (TPSA) is 101 Å². The fourth-order valence-corrected chi connectivity index (χ4v) is 2.79. The lowest BCUT2D eigenvalue weighted by molar-refractivity contribution is -0.139. The highest BCUT2D eigenvalue weighted by molar-refractivity contribution is 5.99. The minimum absolute atomic E-state index is 0.0118. The molecule has 1 N–H and O–H groups in total. The van der Waals surface area contributed by atoms with E-state index < -0.39 is 17.9 Å². The van der Waals surface area contributed by atoms with Gasteiger partial charge >= 0.3 is 11.9 Å². The average molecular weight is 341 g/mol. The van der Waals surface area contributed by atoms with Crippen LogP contribution in [0.5, 0.6) is 0 Å². The number of nitriles is 1. The molecule has 130 valence electrons. The van der Waals surface area contributed by atoms with E-state index in [-0.39, 0.29) is 13.0 Å². The number of ether oxygens (including phenoxy) is 2. The number of allylic oxidation sites excluding steroid dienone is 2. The van der Waals surface area contributed by atoms with E-state index in [1.165, 1.54) is 7.11 Å². The first-order valence-corrected chi connectivity index (χ1v) is 7.72. The zero-order chi connectivity index (χ0) is 18.4. The van der Waals surface area contributed by atoms with Crippen LogP contribution in [0.25, 0.3) is 0 Å². The third kappa shape index (κ3) is 3.86. The van der Waals surface area contributed by atoms with Gasteiger partial charge in [0, 0.05) is 23.8 Å². The maximum atomic E-state index is 12.6. The summed E-state index contributed by atoms with van der Waals surface area (Å²) in [6.45, 7) is 3.47. The highest BCUT2D eigenvalue weighted by Crippen LogP contribution is 2.38. The molecule has 1 aromatic rings. The molecule has 0 bridgehead atoms. The maximum Gasteiger partial charge on any atom is 0.336 e. The zero-order valence-electron chi connectivity index (χ0n) is 14.3. The number of dihydropyridines is 1. The number of aromatic nitrogens is 1. The van der Waals surface area contributed by atoms with E-state index >= 15 is 0 Å². The van der Waals surface area contributed by atoms with Gasteiger partial charge in [-0.3, -0.25) is 4.98 Å². The summed E-state index contributed by atoms with van der Waals surface area (Å²) in [5.41, 5.74) is 2.49. The molecular formula is C18H19N3O4. The molecule has 1 unspecified atom stereocenters. The lowest BCUT2D eigenvalue weighted by atomic mass is 9.81. The molecule has 0 radical (unpaired) electrons. The number of hydrogen-bond acceptors (Lipinski definition) is 7. The summed E-state index contributed by atoms with van der Waals surface area (Å²) in [6, 6.07) is 5.44. The van der Waals surface area contributed by atoms with Crippen molar-refractivity contribution < 1.29 is 19.1 Å². The van der Waals surface area contributed by atoms with Gasteiger partial charge in [-0.05, 0) is 25.5 Å². The van der Waals surface area contributed by atoms with Crippen LogP contribution < -0.4 is 5.32 Å². The second-order valence-electron chi connectivity index (χ2n) is 5.46. The van der Waals surface area contributed by atoms with E-state index in [0.29, 0.717) is 28.1 Å². The Labute approximate surface area is 146 Å². The minimum Gasteiger partial charge on any atom is -0.466 e. The standard InChI is InChI=1S/C18H19N3O4/c1-11-14(17(22)24-3)16(13-6-4-8-20-10-13)15(12(2)21-11)18(23)25-9-5-7-19/h4,6,8,10,16,21H,5,9H2,1-3H3. The summed E-state index contributed by atoms with van der Waals surface area (Å²) >= 11 is 0. The van der Waals surface area contributed by atoms with Crippen LogP contribution in [0.15, 0.2) is 47.1 Å². The summed E-state index contributed by atoms with van der Waals surface area (Å²) in [6.07, 6.45) is 3.31. The summed E-state index contributed by atoms with van der Waals surface area (Å²) < 4.78 is 10.1. The van der Waals surface area contributed by atoms with Crippen LogP contribution in [0.1, 0.15) is 31.7 Å². The lowest BCUT2D eigenvalue weighted by Gasteiger charge is -2.30. The molecule has 0 aliphatic carbocycles. The highest BCUT2D eigenvalue weighted by atomic mass is 16.5. The van der Waals surface area contributed by atoms with Gasteiger partial charge in [-0.1, -0.05) is 6.07 Å². The summed E-state index contributed by atoms with van der Waals surface area (Å²) in [5, 5.41) is 11.6. The van der Waals surface area contributed by atoms with E-state index in [0.717, 1.165) is 0 Å². The first kappa shape index (κ1) is 18.2. The van der Waals surface area contributed by atoms with Crippen molar-refractivity contribution >= 4 is 11.9 Å². The molecule has 7 heteroatoms. The predicted molar refractivity (Wildman–Crippen MR) is 88.7 cm³/mol.